The zero-order valence-corrected chi connectivity index (χ0v) is 9.66. The van der Waals surface area contributed by atoms with Gasteiger partial charge in [0.05, 0.1) is 11.6 Å². The molecule has 0 bridgehead atoms. The van der Waals surface area contributed by atoms with Gasteiger partial charge >= 0.3 is 0 Å². The zero-order valence-electron chi connectivity index (χ0n) is 8.84. The molecule has 1 aromatic carbocycles. The van der Waals surface area contributed by atoms with Crippen molar-refractivity contribution in [2.75, 3.05) is 5.32 Å². The maximum Gasteiger partial charge on any atom is 0.155 e. The molecule has 4 heteroatoms. The first kappa shape index (κ1) is 10.7. The van der Waals surface area contributed by atoms with Crippen LogP contribution in [-0.4, -0.2) is 4.98 Å². The minimum Gasteiger partial charge on any atom is -0.362 e. The van der Waals surface area contributed by atoms with Crippen molar-refractivity contribution in [1.29, 1.82) is 5.26 Å². The van der Waals surface area contributed by atoms with E-state index in [1.807, 2.05) is 18.2 Å². The summed E-state index contributed by atoms with van der Waals surface area (Å²) in [5.41, 5.74) is 2.86. The second-order valence-electron chi connectivity index (χ2n) is 3.42. The van der Waals surface area contributed by atoms with E-state index in [1.165, 1.54) is 16.9 Å². The Balaban J connectivity index is 2.15. The molecule has 1 unspecified atom stereocenters. The number of aromatic nitrogens is 1. The normalized spacial score (nSPS) is 11.8. The summed E-state index contributed by atoms with van der Waals surface area (Å²) in [6, 6.07) is 12.4. The van der Waals surface area contributed by atoms with Crippen molar-refractivity contribution >= 4 is 17.2 Å². The summed E-state index contributed by atoms with van der Waals surface area (Å²) in [5.74, 6) is 0.670. The third-order valence-electron chi connectivity index (χ3n) is 2.32. The predicted molar refractivity (Wildman–Crippen MR) is 65.3 cm³/mol. The molecule has 16 heavy (non-hydrogen) atoms. The van der Waals surface area contributed by atoms with E-state index in [0.717, 1.165) is 0 Å². The van der Waals surface area contributed by atoms with E-state index in [9.17, 15) is 0 Å². The molecule has 0 aliphatic rings. The number of anilines is 1. The third kappa shape index (κ3) is 2.20. The summed E-state index contributed by atoms with van der Waals surface area (Å²) < 4.78 is 0. The van der Waals surface area contributed by atoms with Gasteiger partial charge in [0.25, 0.3) is 0 Å². The van der Waals surface area contributed by atoms with E-state index in [4.69, 9.17) is 5.26 Å². The molecule has 3 nitrogen and oxygen atoms in total. The van der Waals surface area contributed by atoms with Gasteiger partial charge in [-0.3, -0.25) is 0 Å². The molecule has 0 amide bonds. The van der Waals surface area contributed by atoms with Crippen LogP contribution in [0.2, 0.25) is 0 Å². The summed E-state index contributed by atoms with van der Waals surface area (Å²) in [7, 11) is 0. The fraction of sp³-hybridized carbons (Fsp3) is 0.167. The molecule has 1 aromatic heterocycles. The number of nitriles is 1. The molecule has 0 radical (unpaired) electrons. The summed E-state index contributed by atoms with van der Waals surface area (Å²) in [6.07, 6.45) is 0. The van der Waals surface area contributed by atoms with Crippen LogP contribution in [0.5, 0.6) is 0 Å². The van der Waals surface area contributed by atoms with Crippen LogP contribution >= 0.6 is 11.3 Å². The van der Waals surface area contributed by atoms with Gasteiger partial charge in [-0.2, -0.15) is 5.26 Å². The van der Waals surface area contributed by atoms with Crippen LogP contribution in [0.3, 0.4) is 0 Å². The lowest BCUT2D eigenvalue weighted by Crippen LogP contribution is -2.07. The lowest BCUT2D eigenvalue weighted by molar-refractivity contribution is 0.876. The Bertz CT molecular complexity index is 498. The van der Waals surface area contributed by atoms with Crippen molar-refractivity contribution in [3.8, 4) is 6.07 Å². The highest BCUT2D eigenvalue weighted by atomic mass is 32.1. The molecular formula is C12H11N3S. The molecule has 0 aliphatic heterocycles. The van der Waals surface area contributed by atoms with Gasteiger partial charge in [0.2, 0.25) is 0 Å². The Morgan fingerprint density at radius 1 is 1.38 bits per heavy atom. The number of rotatable bonds is 3. The van der Waals surface area contributed by atoms with E-state index < -0.39 is 0 Å². The average Bonchev–Trinajstić information content (AvgIpc) is 2.77. The predicted octanol–water partition coefficient (Wildman–Crippen LogP) is 3.19. The van der Waals surface area contributed by atoms with E-state index in [-0.39, 0.29) is 6.04 Å². The number of hydrogen-bond acceptors (Lipinski definition) is 4. The first-order valence-electron chi connectivity index (χ1n) is 4.96. The van der Waals surface area contributed by atoms with E-state index in [0.29, 0.717) is 10.7 Å². The largest absolute Gasteiger partial charge is 0.362 e. The lowest BCUT2D eigenvalue weighted by Gasteiger charge is -2.13. The maximum atomic E-state index is 8.87. The summed E-state index contributed by atoms with van der Waals surface area (Å²) in [5, 5.41) is 12.1. The molecule has 0 saturated carbocycles. The second kappa shape index (κ2) is 4.77. The first-order chi connectivity index (χ1) is 7.81. The standard InChI is InChI=1S/C12H11N3S/c1-9(10-5-3-2-4-6-10)15-12-11(7-13)16-8-14-12/h2-6,8-9,15H,1H3. The minimum atomic E-state index is 0.149. The highest BCUT2D eigenvalue weighted by Crippen LogP contribution is 2.22. The molecule has 0 aliphatic carbocycles. The van der Waals surface area contributed by atoms with Crippen molar-refractivity contribution < 1.29 is 0 Å². The smallest absolute Gasteiger partial charge is 0.155 e. The fourth-order valence-electron chi connectivity index (χ4n) is 1.46. The molecule has 2 aromatic rings. The van der Waals surface area contributed by atoms with Gasteiger partial charge in [-0.25, -0.2) is 4.98 Å². The number of thiazole rings is 1. The van der Waals surface area contributed by atoms with Gasteiger partial charge in [0, 0.05) is 0 Å². The Kier molecular flexibility index (Phi) is 3.18. The van der Waals surface area contributed by atoms with E-state index in [1.54, 1.807) is 5.51 Å². The van der Waals surface area contributed by atoms with Crippen molar-refractivity contribution in [1.82, 2.24) is 4.98 Å². The molecule has 80 valence electrons. The Hall–Kier alpha value is -1.86. The van der Waals surface area contributed by atoms with Crippen LogP contribution < -0.4 is 5.32 Å². The number of nitrogens with one attached hydrogen (secondary N) is 1. The van der Waals surface area contributed by atoms with Crippen molar-refractivity contribution in [2.24, 2.45) is 0 Å². The summed E-state index contributed by atoms with van der Waals surface area (Å²) >= 11 is 1.35. The van der Waals surface area contributed by atoms with Crippen LogP contribution in [0.1, 0.15) is 23.4 Å². The quantitative estimate of drug-likeness (QED) is 0.879. The number of benzene rings is 1. The van der Waals surface area contributed by atoms with Gasteiger partial charge in [0.15, 0.2) is 5.82 Å². The highest BCUT2D eigenvalue weighted by molar-refractivity contribution is 7.10. The van der Waals surface area contributed by atoms with Crippen LogP contribution in [0.25, 0.3) is 0 Å². The summed E-state index contributed by atoms with van der Waals surface area (Å²) in [4.78, 5) is 4.76. The van der Waals surface area contributed by atoms with Crippen molar-refractivity contribution in [3.05, 3.63) is 46.3 Å². The SMILES string of the molecule is CC(Nc1ncsc1C#N)c1ccccc1. The third-order valence-corrected chi connectivity index (χ3v) is 3.05. The molecule has 1 heterocycles. The van der Waals surface area contributed by atoms with Gasteiger partial charge in [-0.1, -0.05) is 30.3 Å². The summed E-state index contributed by atoms with van der Waals surface area (Å²) in [6.45, 7) is 2.05. The van der Waals surface area contributed by atoms with Gasteiger partial charge in [0.1, 0.15) is 10.9 Å². The molecule has 0 fully saturated rings. The van der Waals surface area contributed by atoms with Crippen molar-refractivity contribution in [2.45, 2.75) is 13.0 Å². The molecular weight excluding hydrogens is 218 g/mol. The Morgan fingerprint density at radius 3 is 2.81 bits per heavy atom. The monoisotopic (exact) mass is 229 g/mol. The van der Waals surface area contributed by atoms with Crippen LogP contribution in [-0.2, 0) is 0 Å². The van der Waals surface area contributed by atoms with Crippen LogP contribution in [0.15, 0.2) is 35.8 Å². The maximum absolute atomic E-state index is 8.87. The van der Waals surface area contributed by atoms with E-state index in [2.05, 4.69) is 35.4 Å². The highest BCUT2D eigenvalue weighted by Gasteiger charge is 2.09. The minimum absolute atomic E-state index is 0.149. The molecule has 0 spiro atoms. The Labute approximate surface area is 98.4 Å². The molecule has 2 rings (SSSR count). The zero-order chi connectivity index (χ0) is 11.4. The number of nitrogens with zero attached hydrogens (tertiary/aromatic N) is 2. The topological polar surface area (TPSA) is 48.7 Å². The number of hydrogen-bond donors (Lipinski definition) is 1. The molecule has 1 atom stereocenters. The Morgan fingerprint density at radius 2 is 2.12 bits per heavy atom. The van der Waals surface area contributed by atoms with Crippen LogP contribution in [0.4, 0.5) is 5.82 Å². The van der Waals surface area contributed by atoms with Gasteiger partial charge < -0.3 is 5.32 Å². The molecule has 0 saturated heterocycles. The van der Waals surface area contributed by atoms with Crippen LogP contribution in [0, 0.1) is 11.3 Å². The van der Waals surface area contributed by atoms with Crippen molar-refractivity contribution in [3.63, 3.8) is 0 Å². The average molecular weight is 229 g/mol. The second-order valence-corrected chi connectivity index (χ2v) is 4.27. The fourth-order valence-corrected chi connectivity index (χ4v) is 2.00. The van der Waals surface area contributed by atoms with Gasteiger partial charge in [-0.15, -0.1) is 11.3 Å². The molecule has 1 N–H and O–H groups in total. The first-order valence-corrected chi connectivity index (χ1v) is 5.84. The van der Waals surface area contributed by atoms with Gasteiger partial charge in [-0.05, 0) is 12.5 Å². The lowest BCUT2D eigenvalue weighted by atomic mass is 10.1. The van der Waals surface area contributed by atoms with E-state index >= 15 is 0 Å².